The zero-order chi connectivity index (χ0) is 11.5. The maximum atomic E-state index is 11.8. The van der Waals surface area contributed by atoms with Crippen molar-refractivity contribution in [3.05, 3.63) is 5.21 Å². The molecule has 2 fully saturated rings. The summed E-state index contributed by atoms with van der Waals surface area (Å²) in [6.07, 6.45) is 1.25. The number of nitrogens with one attached hydrogen (secondary N) is 1. The van der Waals surface area contributed by atoms with E-state index < -0.39 is 21.8 Å². The molecule has 0 aromatic rings. The van der Waals surface area contributed by atoms with Gasteiger partial charge in [-0.05, 0) is 27.2 Å². The molecule has 1 aliphatic carbocycles. The normalized spacial score (nSPS) is 44.2. The van der Waals surface area contributed by atoms with Crippen molar-refractivity contribution < 1.29 is 19.6 Å². The third kappa shape index (κ3) is 0.915. The molecule has 0 amide bonds. The minimum Gasteiger partial charge on any atom is -0.597 e. The van der Waals surface area contributed by atoms with Crippen LogP contribution in [0.2, 0.25) is 0 Å². The van der Waals surface area contributed by atoms with E-state index in [1.54, 1.807) is 0 Å². The summed E-state index contributed by atoms with van der Waals surface area (Å²) >= 11 is 0. The molecule has 0 aromatic carbocycles. The van der Waals surface area contributed by atoms with Gasteiger partial charge in [-0.2, -0.15) is 5.23 Å². The van der Waals surface area contributed by atoms with Gasteiger partial charge in [0.25, 0.3) is 5.72 Å². The number of fused-ring (bicyclic) bond motifs is 2. The van der Waals surface area contributed by atoms with Gasteiger partial charge in [0.05, 0.1) is 17.9 Å². The smallest absolute Gasteiger partial charge is 0.317 e. The molecule has 5 nitrogen and oxygen atoms in total. The third-order valence-electron chi connectivity index (χ3n) is 4.60. The van der Waals surface area contributed by atoms with E-state index in [0.29, 0.717) is 12.8 Å². The first-order valence-electron chi connectivity index (χ1n) is 5.14. The first kappa shape index (κ1) is 10.9. The van der Waals surface area contributed by atoms with Crippen molar-refractivity contribution in [2.24, 2.45) is 10.8 Å². The first-order chi connectivity index (χ1) is 6.82. The predicted molar refractivity (Wildman–Crippen MR) is 51.3 cm³/mol. The Kier molecular flexibility index (Phi) is 1.97. The number of quaternary nitrogens is 1. The number of hydrogen-bond acceptors (Lipinski definition) is 4. The summed E-state index contributed by atoms with van der Waals surface area (Å²) in [5, 5.41) is 11.4. The van der Waals surface area contributed by atoms with E-state index in [9.17, 15) is 10.0 Å². The van der Waals surface area contributed by atoms with Gasteiger partial charge in [0.2, 0.25) is 0 Å². The van der Waals surface area contributed by atoms with Crippen LogP contribution < -0.4 is 5.23 Å². The van der Waals surface area contributed by atoms with Crippen LogP contribution in [0.4, 0.5) is 0 Å². The standard InChI is InChI=1S/C10H17NO4/c1-8(2)9(3)5-6-10(8,11(13)14-4)15-7(9)12/h11H,5-6H2,1-4H3. The fourth-order valence-corrected chi connectivity index (χ4v) is 2.87. The van der Waals surface area contributed by atoms with Crippen molar-refractivity contribution in [2.75, 3.05) is 7.11 Å². The Labute approximate surface area is 88.9 Å². The minimum absolute atomic E-state index is 0.274. The molecule has 15 heavy (non-hydrogen) atoms. The first-order valence-corrected chi connectivity index (χ1v) is 5.14. The lowest BCUT2D eigenvalue weighted by atomic mass is 9.69. The highest BCUT2D eigenvalue weighted by Crippen LogP contribution is 2.63. The lowest BCUT2D eigenvalue weighted by Crippen LogP contribution is -3.16. The molecule has 0 aromatic heterocycles. The Morgan fingerprint density at radius 2 is 2.00 bits per heavy atom. The maximum Gasteiger partial charge on any atom is 0.317 e. The average molecular weight is 215 g/mol. The Morgan fingerprint density at radius 3 is 2.33 bits per heavy atom. The van der Waals surface area contributed by atoms with Gasteiger partial charge >= 0.3 is 5.97 Å². The van der Waals surface area contributed by atoms with Crippen molar-refractivity contribution in [2.45, 2.75) is 39.3 Å². The second-order valence-corrected chi connectivity index (χ2v) is 5.17. The van der Waals surface area contributed by atoms with Crippen LogP contribution in [0.3, 0.4) is 0 Å². The molecule has 1 heterocycles. The molecule has 2 bridgehead atoms. The van der Waals surface area contributed by atoms with Crippen LogP contribution in [0, 0.1) is 16.0 Å². The lowest BCUT2D eigenvalue weighted by Gasteiger charge is -2.40. The van der Waals surface area contributed by atoms with Crippen molar-refractivity contribution >= 4 is 5.97 Å². The molecule has 2 rings (SSSR count). The summed E-state index contributed by atoms with van der Waals surface area (Å²) in [6.45, 7) is 5.68. The largest absolute Gasteiger partial charge is 0.597 e. The lowest BCUT2D eigenvalue weighted by molar-refractivity contribution is -1.11. The highest BCUT2D eigenvalue weighted by molar-refractivity contribution is 5.81. The Balaban J connectivity index is 2.49. The van der Waals surface area contributed by atoms with Crippen LogP contribution in [0.5, 0.6) is 0 Å². The molecule has 2 aliphatic rings. The van der Waals surface area contributed by atoms with Gasteiger partial charge in [-0.3, -0.25) is 4.79 Å². The molecule has 1 saturated carbocycles. The molecule has 1 saturated heterocycles. The van der Waals surface area contributed by atoms with Crippen molar-refractivity contribution in [3.8, 4) is 0 Å². The SMILES string of the molecule is CO[NH+]([O-])C12CCC(C)(C(=O)O1)C2(C)C. The van der Waals surface area contributed by atoms with E-state index in [0.717, 1.165) is 0 Å². The van der Waals surface area contributed by atoms with Crippen LogP contribution in [0.15, 0.2) is 0 Å². The Hall–Kier alpha value is -0.650. The molecular weight excluding hydrogens is 198 g/mol. The topological polar surface area (TPSA) is 63.0 Å². The van der Waals surface area contributed by atoms with Gasteiger partial charge in [0.1, 0.15) is 0 Å². The van der Waals surface area contributed by atoms with E-state index in [1.807, 2.05) is 20.8 Å². The van der Waals surface area contributed by atoms with Gasteiger partial charge in [-0.15, -0.1) is 0 Å². The highest BCUT2D eigenvalue weighted by atomic mass is 16.9. The molecule has 0 radical (unpaired) electrons. The zero-order valence-electron chi connectivity index (χ0n) is 9.55. The van der Waals surface area contributed by atoms with E-state index in [-0.39, 0.29) is 5.97 Å². The van der Waals surface area contributed by atoms with Crippen LogP contribution in [-0.2, 0) is 14.4 Å². The monoisotopic (exact) mass is 215 g/mol. The third-order valence-corrected chi connectivity index (χ3v) is 4.60. The van der Waals surface area contributed by atoms with Crippen molar-refractivity contribution in [1.82, 2.24) is 0 Å². The van der Waals surface area contributed by atoms with Crippen LogP contribution in [0.1, 0.15) is 33.6 Å². The second kappa shape index (κ2) is 2.72. The molecule has 1 N–H and O–H groups in total. The summed E-state index contributed by atoms with van der Waals surface area (Å²) in [5.41, 5.74) is -2.11. The van der Waals surface area contributed by atoms with Gasteiger partial charge in [-0.1, -0.05) is 0 Å². The average Bonchev–Trinajstić information content (AvgIpc) is 2.47. The number of ether oxygens (including phenoxy) is 1. The summed E-state index contributed by atoms with van der Waals surface area (Å²) in [4.78, 5) is 16.5. The van der Waals surface area contributed by atoms with E-state index >= 15 is 0 Å². The number of carbonyl (C=O) groups is 1. The fourth-order valence-electron chi connectivity index (χ4n) is 2.87. The van der Waals surface area contributed by atoms with E-state index in [2.05, 4.69) is 0 Å². The Bertz CT molecular complexity index is 317. The van der Waals surface area contributed by atoms with E-state index in [1.165, 1.54) is 7.11 Å². The number of esters is 1. The minimum atomic E-state index is -1.06. The molecule has 5 heteroatoms. The number of rotatable bonds is 2. The Morgan fingerprint density at radius 1 is 1.40 bits per heavy atom. The van der Waals surface area contributed by atoms with Crippen molar-refractivity contribution in [3.63, 3.8) is 0 Å². The van der Waals surface area contributed by atoms with Crippen LogP contribution in [0.25, 0.3) is 0 Å². The molecular formula is C10H17NO4. The molecule has 86 valence electrons. The quantitative estimate of drug-likeness (QED) is 0.520. The second-order valence-electron chi connectivity index (χ2n) is 5.17. The van der Waals surface area contributed by atoms with Crippen molar-refractivity contribution in [1.29, 1.82) is 0 Å². The van der Waals surface area contributed by atoms with Gasteiger partial charge in [-0.25, -0.2) is 4.84 Å². The molecule has 1 aliphatic heterocycles. The summed E-state index contributed by atoms with van der Waals surface area (Å²) in [6, 6.07) is 0. The maximum absolute atomic E-state index is 11.8. The highest BCUT2D eigenvalue weighted by Gasteiger charge is 2.77. The van der Waals surface area contributed by atoms with E-state index in [4.69, 9.17) is 9.57 Å². The number of hydrogen-bond donors (Lipinski definition) is 1. The zero-order valence-corrected chi connectivity index (χ0v) is 9.55. The van der Waals surface area contributed by atoms with Crippen LogP contribution >= 0.6 is 0 Å². The molecule has 3 unspecified atom stereocenters. The predicted octanol–water partition coefficient (Wildman–Crippen LogP) is 0.00990. The number of carbonyl (C=O) groups excluding carboxylic acids is 1. The van der Waals surface area contributed by atoms with Crippen LogP contribution in [-0.4, -0.2) is 18.8 Å². The van der Waals surface area contributed by atoms with Gasteiger partial charge < -0.3 is 9.94 Å². The van der Waals surface area contributed by atoms with Gasteiger partial charge in [0, 0.05) is 6.42 Å². The summed E-state index contributed by atoms with van der Waals surface area (Å²) < 4.78 is 5.31. The molecule has 0 spiro atoms. The summed E-state index contributed by atoms with van der Waals surface area (Å²) in [5.74, 6) is -0.274. The molecule has 3 atom stereocenters. The fraction of sp³-hybridized carbons (Fsp3) is 0.900. The van der Waals surface area contributed by atoms with Gasteiger partial charge in [0.15, 0.2) is 0 Å². The number of hydroxylamine groups is 2. The summed E-state index contributed by atoms with van der Waals surface area (Å²) in [7, 11) is 1.33.